The van der Waals surface area contributed by atoms with Crippen LogP contribution in [0, 0.1) is 5.82 Å². The highest BCUT2D eigenvalue weighted by molar-refractivity contribution is 5.21. The predicted octanol–water partition coefficient (Wildman–Crippen LogP) is 1.51. The molecule has 0 spiro atoms. The summed E-state index contributed by atoms with van der Waals surface area (Å²) in [6.45, 7) is 0.762. The first-order chi connectivity index (χ1) is 7.31. The fourth-order valence-corrected chi connectivity index (χ4v) is 1.98. The van der Waals surface area contributed by atoms with Crippen molar-refractivity contribution in [3.8, 4) is 0 Å². The van der Waals surface area contributed by atoms with E-state index in [2.05, 4.69) is 5.43 Å². The van der Waals surface area contributed by atoms with Gasteiger partial charge in [0.1, 0.15) is 5.82 Å². The lowest BCUT2D eigenvalue weighted by molar-refractivity contribution is 0.0782. The van der Waals surface area contributed by atoms with E-state index in [-0.39, 0.29) is 18.0 Å². The van der Waals surface area contributed by atoms with Crippen molar-refractivity contribution in [2.75, 3.05) is 6.61 Å². The van der Waals surface area contributed by atoms with Crippen molar-refractivity contribution in [1.82, 2.24) is 5.43 Å². The third-order valence-electron chi connectivity index (χ3n) is 2.72. The largest absolute Gasteiger partial charge is 0.376 e. The number of nitrogens with one attached hydrogen (secondary N) is 1. The molecule has 0 radical (unpaired) electrons. The maximum absolute atomic E-state index is 13.0. The molecule has 82 valence electrons. The van der Waals surface area contributed by atoms with Crippen molar-refractivity contribution >= 4 is 0 Å². The zero-order valence-electron chi connectivity index (χ0n) is 8.45. The fourth-order valence-electron chi connectivity index (χ4n) is 1.98. The number of rotatable bonds is 3. The maximum Gasteiger partial charge on any atom is 0.123 e. The number of hydrogen-bond donors (Lipinski definition) is 2. The molecule has 1 fully saturated rings. The van der Waals surface area contributed by atoms with Gasteiger partial charge in [-0.3, -0.25) is 11.3 Å². The minimum absolute atomic E-state index is 0.0526. The highest BCUT2D eigenvalue weighted by Gasteiger charge is 2.26. The van der Waals surface area contributed by atoms with Gasteiger partial charge in [-0.2, -0.15) is 0 Å². The van der Waals surface area contributed by atoms with Crippen LogP contribution in [0.15, 0.2) is 24.3 Å². The molecule has 0 amide bonds. The van der Waals surface area contributed by atoms with E-state index in [1.165, 1.54) is 12.1 Å². The molecule has 1 aliphatic heterocycles. The zero-order valence-corrected chi connectivity index (χ0v) is 8.45. The number of hydrazine groups is 1. The van der Waals surface area contributed by atoms with Gasteiger partial charge in [0.2, 0.25) is 0 Å². The number of benzene rings is 1. The second-order valence-electron chi connectivity index (χ2n) is 3.75. The van der Waals surface area contributed by atoms with Gasteiger partial charge in [-0.25, -0.2) is 4.39 Å². The molecule has 1 saturated heterocycles. The van der Waals surface area contributed by atoms with Crippen LogP contribution >= 0.6 is 0 Å². The van der Waals surface area contributed by atoms with E-state index in [0.717, 1.165) is 25.0 Å². The SMILES string of the molecule is NNC(c1cccc(F)c1)C1CCCO1. The molecule has 2 rings (SSSR count). The van der Waals surface area contributed by atoms with E-state index in [4.69, 9.17) is 10.6 Å². The predicted molar refractivity (Wildman–Crippen MR) is 55.4 cm³/mol. The van der Waals surface area contributed by atoms with Crippen LogP contribution in [0.1, 0.15) is 24.4 Å². The van der Waals surface area contributed by atoms with E-state index in [9.17, 15) is 4.39 Å². The molecule has 0 aromatic heterocycles. The molecule has 0 bridgehead atoms. The van der Waals surface area contributed by atoms with Crippen LogP contribution in [0.25, 0.3) is 0 Å². The number of nitrogens with two attached hydrogens (primary N) is 1. The first-order valence-corrected chi connectivity index (χ1v) is 5.14. The molecule has 3 nitrogen and oxygen atoms in total. The van der Waals surface area contributed by atoms with Crippen molar-refractivity contribution in [2.24, 2.45) is 5.84 Å². The topological polar surface area (TPSA) is 47.3 Å². The summed E-state index contributed by atoms with van der Waals surface area (Å²) in [5.74, 6) is 5.24. The fraction of sp³-hybridized carbons (Fsp3) is 0.455. The molecular weight excluding hydrogens is 195 g/mol. The summed E-state index contributed by atoms with van der Waals surface area (Å²) in [6, 6.07) is 6.33. The van der Waals surface area contributed by atoms with Crippen molar-refractivity contribution < 1.29 is 9.13 Å². The third-order valence-corrected chi connectivity index (χ3v) is 2.72. The first kappa shape index (κ1) is 10.5. The van der Waals surface area contributed by atoms with Crippen LogP contribution < -0.4 is 11.3 Å². The molecule has 1 aromatic carbocycles. The summed E-state index contributed by atoms with van der Waals surface area (Å²) in [4.78, 5) is 0. The zero-order chi connectivity index (χ0) is 10.7. The average Bonchev–Trinajstić information content (AvgIpc) is 2.72. The first-order valence-electron chi connectivity index (χ1n) is 5.14. The summed E-state index contributed by atoms with van der Waals surface area (Å²) in [7, 11) is 0. The van der Waals surface area contributed by atoms with E-state index in [0.29, 0.717) is 0 Å². The van der Waals surface area contributed by atoms with Gasteiger partial charge in [-0.05, 0) is 30.5 Å². The van der Waals surface area contributed by atoms with Crippen molar-refractivity contribution in [3.05, 3.63) is 35.6 Å². The van der Waals surface area contributed by atoms with Gasteiger partial charge in [0.05, 0.1) is 12.1 Å². The Bertz CT molecular complexity index is 326. The summed E-state index contributed by atoms with van der Waals surface area (Å²) < 4.78 is 18.6. The molecule has 1 heterocycles. The summed E-state index contributed by atoms with van der Waals surface area (Å²) in [6.07, 6.45) is 2.06. The van der Waals surface area contributed by atoms with Gasteiger partial charge in [-0.1, -0.05) is 12.1 Å². The van der Waals surface area contributed by atoms with Crippen LogP contribution in [0.2, 0.25) is 0 Å². The van der Waals surface area contributed by atoms with Gasteiger partial charge >= 0.3 is 0 Å². The Labute approximate surface area is 88.4 Å². The van der Waals surface area contributed by atoms with E-state index in [1.807, 2.05) is 6.07 Å². The Morgan fingerprint density at radius 3 is 3.00 bits per heavy atom. The molecule has 2 unspecified atom stereocenters. The summed E-state index contributed by atoms with van der Waals surface area (Å²) >= 11 is 0. The molecule has 2 atom stereocenters. The Morgan fingerprint density at radius 1 is 1.53 bits per heavy atom. The van der Waals surface area contributed by atoms with Crippen LogP contribution in [0.3, 0.4) is 0 Å². The van der Waals surface area contributed by atoms with Crippen molar-refractivity contribution in [1.29, 1.82) is 0 Å². The lowest BCUT2D eigenvalue weighted by Gasteiger charge is -2.22. The van der Waals surface area contributed by atoms with Gasteiger partial charge in [0.25, 0.3) is 0 Å². The van der Waals surface area contributed by atoms with Gasteiger partial charge in [0, 0.05) is 6.61 Å². The quantitative estimate of drug-likeness (QED) is 0.587. The third kappa shape index (κ3) is 2.34. The van der Waals surface area contributed by atoms with Crippen LogP contribution in [0.5, 0.6) is 0 Å². The normalized spacial score (nSPS) is 22.9. The van der Waals surface area contributed by atoms with Gasteiger partial charge < -0.3 is 4.74 Å². The lowest BCUT2D eigenvalue weighted by Crippen LogP contribution is -2.36. The van der Waals surface area contributed by atoms with Crippen LogP contribution in [-0.4, -0.2) is 12.7 Å². The molecule has 4 heteroatoms. The number of ether oxygens (including phenoxy) is 1. The Hall–Kier alpha value is -0.970. The second-order valence-corrected chi connectivity index (χ2v) is 3.75. The standard InChI is InChI=1S/C11H15FN2O/c12-9-4-1-3-8(7-9)11(14-13)10-5-2-6-15-10/h1,3-4,7,10-11,14H,2,5-6,13H2. The monoisotopic (exact) mass is 210 g/mol. The molecule has 0 aliphatic carbocycles. The van der Waals surface area contributed by atoms with E-state index >= 15 is 0 Å². The number of hydrogen-bond acceptors (Lipinski definition) is 3. The molecule has 1 aromatic rings. The molecule has 0 saturated carbocycles. The minimum Gasteiger partial charge on any atom is -0.376 e. The van der Waals surface area contributed by atoms with Crippen LogP contribution in [0.4, 0.5) is 4.39 Å². The van der Waals surface area contributed by atoms with Crippen molar-refractivity contribution in [2.45, 2.75) is 25.0 Å². The Morgan fingerprint density at radius 2 is 2.40 bits per heavy atom. The minimum atomic E-state index is -0.245. The highest BCUT2D eigenvalue weighted by atomic mass is 19.1. The average molecular weight is 210 g/mol. The Balaban J connectivity index is 2.18. The Kier molecular flexibility index (Phi) is 3.30. The van der Waals surface area contributed by atoms with Gasteiger partial charge in [-0.15, -0.1) is 0 Å². The maximum atomic E-state index is 13.0. The summed E-state index contributed by atoms with van der Waals surface area (Å²) in [5, 5.41) is 0. The highest BCUT2D eigenvalue weighted by Crippen LogP contribution is 2.26. The molecule has 1 aliphatic rings. The number of halogens is 1. The van der Waals surface area contributed by atoms with E-state index in [1.54, 1.807) is 6.07 Å². The molecule has 15 heavy (non-hydrogen) atoms. The second kappa shape index (κ2) is 4.70. The van der Waals surface area contributed by atoms with Gasteiger partial charge in [0.15, 0.2) is 0 Å². The molecule has 3 N–H and O–H groups in total. The van der Waals surface area contributed by atoms with Crippen molar-refractivity contribution in [3.63, 3.8) is 0 Å². The smallest absolute Gasteiger partial charge is 0.123 e. The summed E-state index contributed by atoms with van der Waals surface area (Å²) in [5.41, 5.74) is 3.53. The molecular formula is C11H15FN2O. The van der Waals surface area contributed by atoms with Crippen LogP contribution in [-0.2, 0) is 4.74 Å². The lowest BCUT2D eigenvalue weighted by atomic mass is 10.00. The van der Waals surface area contributed by atoms with E-state index < -0.39 is 0 Å².